The lowest BCUT2D eigenvalue weighted by Gasteiger charge is -2.17. The molecule has 0 unspecified atom stereocenters. The SMILES string of the molecule is Cc1[nH]ncc1-c1nc(-c2ccc(C(F)(F)F)cn2)cc2c(=O)n([C@@H]3COC[C@@H]3O)cnc12. The maximum absolute atomic E-state index is 13.4. The highest BCUT2D eigenvalue weighted by atomic mass is 19.4. The third kappa shape index (κ3) is 3.66. The number of rotatable bonds is 3. The molecule has 33 heavy (non-hydrogen) atoms. The Morgan fingerprint density at radius 3 is 2.61 bits per heavy atom. The minimum absolute atomic E-state index is 0.103. The zero-order valence-corrected chi connectivity index (χ0v) is 17.2. The summed E-state index contributed by atoms with van der Waals surface area (Å²) >= 11 is 0. The van der Waals surface area contributed by atoms with E-state index in [-0.39, 0.29) is 30.0 Å². The van der Waals surface area contributed by atoms with Gasteiger partial charge in [-0.2, -0.15) is 18.3 Å². The van der Waals surface area contributed by atoms with Crippen LogP contribution in [0, 0.1) is 6.92 Å². The number of aryl methyl sites for hydroxylation is 1. The van der Waals surface area contributed by atoms with Crippen molar-refractivity contribution in [3.05, 3.63) is 58.5 Å². The van der Waals surface area contributed by atoms with Gasteiger partial charge in [-0.1, -0.05) is 0 Å². The number of aliphatic hydroxyl groups is 1. The highest BCUT2D eigenvalue weighted by Crippen LogP contribution is 2.32. The Bertz CT molecular complexity index is 1400. The van der Waals surface area contributed by atoms with Crippen LogP contribution < -0.4 is 5.56 Å². The second-order valence-corrected chi connectivity index (χ2v) is 7.72. The number of aliphatic hydroxyl groups excluding tert-OH is 1. The lowest BCUT2D eigenvalue weighted by molar-refractivity contribution is -0.137. The van der Waals surface area contributed by atoms with Crippen LogP contribution in [0.3, 0.4) is 0 Å². The summed E-state index contributed by atoms with van der Waals surface area (Å²) < 4.78 is 45.4. The zero-order valence-electron chi connectivity index (χ0n) is 17.2. The van der Waals surface area contributed by atoms with E-state index in [9.17, 15) is 23.1 Å². The Morgan fingerprint density at radius 2 is 2.00 bits per heavy atom. The summed E-state index contributed by atoms with van der Waals surface area (Å²) in [5, 5.41) is 17.1. The molecule has 0 aromatic carbocycles. The molecule has 2 atom stereocenters. The molecule has 0 bridgehead atoms. The van der Waals surface area contributed by atoms with Gasteiger partial charge in [-0.25, -0.2) is 9.97 Å². The Balaban J connectivity index is 1.74. The largest absolute Gasteiger partial charge is 0.417 e. The molecule has 1 fully saturated rings. The number of aromatic amines is 1. The van der Waals surface area contributed by atoms with Gasteiger partial charge in [-0.05, 0) is 25.1 Å². The van der Waals surface area contributed by atoms with Gasteiger partial charge < -0.3 is 9.84 Å². The van der Waals surface area contributed by atoms with Crippen LogP contribution in [-0.4, -0.2) is 54.1 Å². The van der Waals surface area contributed by atoms with Gasteiger partial charge in [-0.15, -0.1) is 0 Å². The Morgan fingerprint density at radius 1 is 1.18 bits per heavy atom. The summed E-state index contributed by atoms with van der Waals surface area (Å²) in [6, 6.07) is 2.95. The first-order valence-corrected chi connectivity index (χ1v) is 9.95. The fourth-order valence-electron chi connectivity index (χ4n) is 3.80. The van der Waals surface area contributed by atoms with E-state index in [0.29, 0.717) is 22.5 Å². The van der Waals surface area contributed by atoms with Crippen molar-refractivity contribution < 1.29 is 23.0 Å². The second kappa shape index (κ2) is 7.74. The fraction of sp³-hybridized carbons (Fsp3) is 0.286. The highest BCUT2D eigenvalue weighted by molar-refractivity contribution is 5.93. The average molecular weight is 458 g/mol. The van der Waals surface area contributed by atoms with Crippen LogP contribution in [0.1, 0.15) is 17.3 Å². The molecule has 0 spiro atoms. The third-order valence-corrected chi connectivity index (χ3v) is 5.59. The topological polar surface area (TPSA) is 119 Å². The monoisotopic (exact) mass is 458 g/mol. The maximum atomic E-state index is 13.4. The maximum Gasteiger partial charge on any atom is 0.417 e. The van der Waals surface area contributed by atoms with Crippen molar-refractivity contribution in [1.82, 2.24) is 29.7 Å². The van der Waals surface area contributed by atoms with Crippen molar-refractivity contribution in [1.29, 1.82) is 0 Å². The van der Waals surface area contributed by atoms with Crippen LogP contribution >= 0.6 is 0 Å². The molecule has 9 nitrogen and oxygen atoms in total. The number of alkyl halides is 3. The number of aromatic nitrogens is 6. The van der Waals surface area contributed by atoms with Gasteiger partial charge in [0.05, 0.1) is 54.1 Å². The van der Waals surface area contributed by atoms with Crippen molar-refractivity contribution in [2.45, 2.75) is 25.2 Å². The average Bonchev–Trinajstić information content (AvgIpc) is 3.41. The van der Waals surface area contributed by atoms with Crippen molar-refractivity contribution in [3.63, 3.8) is 0 Å². The van der Waals surface area contributed by atoms with Crippen molar-refractivity contribution in [3.8, 4) is 22.6 Å². The Hall–Kier alpha value is -3.64. The smallest absolute Gasteiger partial charge is 0.388 e. The number of ether oxygens (including phenoxy) is 1. The fourth-order valence-corrected chi connectivity index (χ4v) is 3.80. The number of fused-ring (bicyclic) bond motifs is 1. The molecular weight excluding hydrogens is 441 g/mol. The van der Waals surface area contributed by atoms with Gasteiger partial charge in [-0.3, -0.25) is 19.4 Å². The van der Waals surface area contributed by atoms with Crippen LogP contribution in [0.2, 0.25) is 0 Å². The van der Waals surface area contributed by atoms with E-state index in [1.807, 2.05) is 0 Å². The van der Waals surface area contributed by atoms with Gasteiger partial charge >= 0.3 is 6.18 Å². The molecule has 5 rings (SSSR count). The first-order valence-electron chi connectivity index (χ1n) is 9.95. The predicted octanol–water partition coefficient (Wildman–Crippen LogP) is 2.50. The number of halogens is 3. The summed E-state index contributed by atoms with van der Waals surface area (Å²) in [7, 11) is 0. The quantitative estimate of drug-likeness (QED) is 0.484. The van der Waals surface area contributed by atoms with E-state index < -0.39 is 29.4 Å². The van der Waals surface area contributed by atoms with E-state index in [0.717, 1.165) is 12.3 Å². The predicted molar refractivity (Wildman–Crippen MR) is 110 cm³/mol. The molecule has 1 aliphatic rings. The first-order chi connectivity index (χ1) is 15.7. The molecule has 0 aliphatic carbocycles. The molecule has 12 heteroatoms. The van der Waals surface area contributed by atoms with E-state index >= 15 is 0 Å². The summed E-state index contributed by atoms with van der Waals surface area (Å²) in [5.41, 5.74) is 0.921. The number of nitrogens with zero attached hydrogens (tertiary/aromatic N) is 5. The van der Waals surface area contributed by atoms with Gasteiger partial charge in [0, 0.05) is 17.5 Å². The summed E-state index contributed by atoms with van der Waals surface area (Å²) in [6.45, 7) is 2.03. The van der Waals surface area contributed by atoms with Crippen LogP contribution in [-0.2, 0) is 10.9 Å². The van der Waals surface area contributed by atoms with E-state index in [1.54, 1.807) is 6.92 Å². The molecular formula is C21H17F3N6O3. The third-order valence-electron chi connectivity index (χ3n) is 5.59. The Kier molecular flexibility index (Phi) is 4.98. The van der Waals surface area contributed by atoms with E-state index in [2.05, 4.69) is 25.1 Å². The summed E-state index contributed by atoms with van der Waals surface area (Å²) in [5.74, 6) is 0. The minimum Gasteiger partial charge on any atom is -0.388 e. The normalized spacial score (nSPS) is 18.8. The molecule has 4 aromatic heterocycles. The first kappa shape index (κ1) is 21.2. The number of nitrogens with one attached hydrogen (secondary N) is 1. The van der Waals surface area contributed by atoms with E-state index in [4.69, 9.17) is 4.74 Å². The Labute approximate surface area is 183 Å². The molecule has 1 aliphatic heterocycles. The summed E-state index contributed by atoms with van der Waals surface area (Å²) in [6.07, 6.45) is -1.80. The molecule has 5 heterocycles. The van der Waals surface area contributed by atoms with Crippen molar-refractivity contribution in [2.24, 2.45) is 0 Å². The van der Waals surface area contributed by atoms with Crippen LogP contribution in [0.15, 0.2) is 41.7 Å². The molecule has 0 radical (unpaired) electrons. The van der Waals surface area contributed by atoms with Crippen LogP contribution in [0.4, 0.5) is 13.2 Å². The van der Waals surface area contributed by atoms with Crippen LogP contribution in [0.25, 0.3) is 33.5 Å². The van der Waals surface area contributed by atoms with E-state index in [1.165, 1.54) is 29.2 Å². The van der Waals surface area contributed by atoms with Gasteiger partial charge in [0.2, 0.25) is 0 Å². The van der Waals surface area contributed by atoms with Crippen LogP contribution in [0.5, 0.6) is 0 Å². The number of hydrogen-bond acceptors (Lipinski definition) is 7. The van der Waals surface area contributed by atoms with Crippen molar-refractivity contribution >= 4 is 10.9 Å². The molecule has 0 saturated carbocycles. The standard InChI is InChI=1S/C21H17F3N6O3/c1-10-13(6-27-29-10)19-18-12(20(32)30(9-26-18)16-7-33-8-17(16)31)4-15(28-19)14-3-2-11(5-25-14)21(22,23)24/h2-6,9,16-17,31H,7-8H2,1H3,(H,27,29)/t16-,17+/m1/s1. The van der Waals surface area contributed by atoms with Crippen molar-refractivity contribution in [2.75, 3.05) is 13.2 Å². The molecule has 2 N–H and O–H groups in total. The molecule has 170 valence electrons. The zero-order chi connectivity index (χ0) is 23.3. The van der Waals surface area contributed by atoms with Gasteiger partial charge in [0.1, 0.15) is 17.3 Å². The molecule has 4 aromatic rings. The van der Waals surface area contributed by atoms with Gasteiger partial charge in [0.25, 0.3) is 5.56 Å². The lowest BCUT2D eigenvalue weighted by atomic mass is 10.1. The lowest BCUT2D eigenvalue weighted by Crippen LogP contribution is -2.32. The number of hydrogen-bond donors (Lipinski definition) is 2. The molecule has 0 amide bonds. The minimum atomic E-state index is -4.52. The van der Waals surface area contributed by atoms with Gasteiger partial charge in [0.15, 0.2) is 0 Å². The highest BCUT2D eigenvalue weighted by Gasteiger charge is 2.31. The number of H-pyrrole nitrogens is 1. The second-order valence-electron chi connectivity index (χ2n) is 7.72. The number of pyridine rings is 2. The summed E-state index contributed by atoms with van der Waals surface area (Å²) in [4.78, 5) is 26.3. The molecule has 1 saturated heterocycles.